The fourth-order valence-electron chi connectivity index (χ4n) is 4.00. The molecule has 0 aromatic heterocycles. The molecule has 148 valence electrons. The van der Waals surface area contributed by atoms with E-state index in [-0.39, 0.29) is 11.8 Å². The summed E-state index contributed by atoms with van der Waals surface area (Å²) in [6, 6.07) is 24.4. The maximum atomic E-state index is 13.1. The van der Waals surface area contributed by atoms with Gasteiger partial charge < -0.3 is 4.74 Å². The van der Waals surface area contributed by atoms with Crippen LogP contribution in [0.3, 0.4) is 0 Å². The Kier molecular flexibility index (Phi) is 6.12. The summed E-state index contributed by atoms with van der Waals surface area (Å²) in [7, 11) is 1.67. The van der Waals surface area contributed by atoms with E-state index in [2.05, 4.69) is 57.2 Å². The summed E-state index contributed by atoms with van der Waals surface area (Å²) in [5, 5.41) is 0. The minimum Gasteiger partial charge on any atom is -0.497 e. The second-order valence-corrected chi connectivity index (χ2v) is 8.33. The zero-order chi connectivity index (χ0) is 20.2. The van der Waals surface area contributed by atoms with Crippen molar-refractivity contribution in [2.45, 2.75) is 25.4 Å². The van der Waals surface area contributed by atoms with Crippen molar-refractivity contribution in [1.82, 2.24) is 4.90 Å². The minimum absolute atomic E-state index is 0.0328. The lowest BCUT2D eigenvalue weighted by Gasteiger charge is -2.36. The van der Waals surface area contributed by atoms with Gasteiger partial charge in [-0.15, -0.1) is 0 Å². The lowest BCUT2D eigenvalue weighted by Crippen LogP contribution is -2.35. The Morgan fingerprint density at radius 2 is 1.69 bits per heavy atom. The van der Waals surface area contributed by atoms with Gasteiger partial charge >= 0.3 is 0 Å². The molecule has 0 spiro atoms. The van der Waals surface area contributed by atoms with Gasteiger partial charge in [0.15, 0.2) is 5.78 Å². The SMILES string of the molecule is COc1ccc([C@@H](CC(=O)c2ccc(Br)cc2)N2CCc3ccccc3C2)cc1. The minimum atomic E-state index is 0.0328. The van der Waals surface area contributed by atoms with Crippen molar-refractivity contribution >= 4 is 21.7 Å². The number of hydrogen-bond donors (Lipinski definition) is 0. The number of nitrogens with zero attached hydrogens (tertiary/aromatic N) is 1. The van der Waals surface area contributed by atoms with Crippen LogP contribution in [0.4, 0.5) is 0 Å². The highest BCUT2D eigenvalue weighted by atomic mass is 79.9. The second kappa shape index (κ2) is 8.93. The first-order valence-corrected chi connectivity index (χ1v) is 10.7. The predicted molar refractivity (Wildman–Crippen MR) is 119 cm³/mol. The summed E-state index contributed by atoms with van der Waals surface area (Å²) < 4.78 is 6.30. The summed E-state index contributed by atoms with van der Waals surface area (Å²) in [6.45, 7) is 1.81. The van der Waals surface area contributed by atoms with Gasteiger partial charge in [-0.05, 0) is 47.4 Å². The highest BCUT2D eigenvalue weighted by Gasteiger charge is 2.27. The van der Waals surface area contributed by atoms with E-state index in [0.29, 0.717) is 6.42 Å². The van der Waals surface area contributed by atoms with Crippen molar-refractivity contribution in [3.05, 3.63) is 99.5 Å². The smallest absolute Gasteiger partial charge is 0.164 e. The summed E-state index contributed by atoms with van der Waals surface area (Å²) in [5.74, 6) is 0.993. The summed E-state index contributed by atoms with van der Waals surface area (Å²) in [4.78, 5) is 15.5. The molecule has 0 unspecified atom stereocenters. The highest BCUT2D eigenvalue weighted by molar-refractivity contribution is 9.10. The average Bonchev–Trinajstić information content (AvgIpc) is 2.77. The molecule has 0 N–H and O–H groups in total. The number of Topliss-reactive ketones (excluding diaryl/α,β-unsaturated/α-hetero) is 1. The van der Waals surface area contributed by atoms with Gasteiger partial charge in [-0.3, -0.25) is 9.69 Å². The monoisotopic (exact) mass is 449 g/mol. The Morgan fingerprint density at radius 1 is 1.00 bits per heavy atom. The average molecular weight is 450 g/mol. The zero-order valence-corrected chi connectivity index (χ0v) is 18.1. The summed E-state index contributed by atoms with van der Waals surface area (Å²) >= 11 is 3.44. The number of hydrogen-bond acceptors (Lipinski definition) is 3. The van der Waals surface area contributed by atoms with Crippen LogP contribution < -0.4 is 4.74 Å². The number of ether oxygens (including phenoxy) is 1. The molecular formula is C25H24BrNO2. The summed E-state index contributed by atoms with van der Waals surface area (Å²) in [5.41, 5.74) is 4.67. The number of carbonyl (C=O) groups excluding carboxylic acids is 1. The maximum Gasteiger partial charge on any atom is 0.164 e. The molecule has 0 radical (unpaired) electrons. The fourth-order valence-corrected chi connectivity index (χ4v) is 4.26. The second-order valence-electron chi connectivity index (χ2n) is 7.41. The van der Waals surface area contributed by atoms with Crippen molar-refractivity contribution in [1.29, 1.82) is 0 Å². The van der Waals surface area contributed by atoms with Crippen molar-refractivity contribution in [2.75, 3.05) is 13.7 Å². The van der Waals surface area contributed by atoms with E-state index in [9.17, 15) is 4.79 Å². The van der Waals surface area contributed by atoms with Gasteiger partial charge in [-0.2, -0.15) is 0 Å². The van der Waals surface area contributed by atoms with Crippen molar-refractivity contribution in [3.8, 4) is 5.75 Å². The molecule has 3 nitrogen and oxygen atoms in total. The van der Waals surface area contributed by atoms with E-state index >= 15 is 0 Å². The molecule has 4 rings (SSSR count). The van der Waals surface area contributed by atoms with E-state index in [0.717, 1.165) is 40.9 Å². The van der Waals surface area contributed by atoms with Crippen molar-refractivity contribution in [2.24, 2.45) is 0 Å². The van der Waals surface area contributed by atoms with E-state index in [1.54, 1.807) is 7.11 Å². The van der Waals surface area contributed by atoms with Crippen LogP contribution in [-0.4, -0.2) is 24.3 Å². The Labute approximate surface area is 180 Å². The van der Waals surface area contributed by atoms with E-state index in [4.69, 9.17) is 4.74 Å². The molecule has 0 aliphatic carbocycles. The molecule has 4 heteroatoms. The van der Waals surface area contributed by atoms with Crippen molar-refractivity contribution < 1.29 is 9.53 Å². The molecule has 0 saturated heterocycles. The highest BCUT2D eigenvalue weighted by Crippen LogP contribution is 2.32. The Balaban J connectivity index is 1.62. The first-order valence-electron chi connectivity index (χ1n) is 9.87. The third-order valence-electron chi connectivity index (χ3n) is 5.65. The predicted octanol–water partition coefficient (Wildman–Crippen LogP) is 5.83. The fraction of sp³-hybridized carbons (Fsp3) is 0.240. The molecule has 0 fully saturated rings. The van der Waals surface area contributed by atoms with Crippen LogP contribution in [0.15, 0.2) is 77.3 Å². The Bertz CT molecular complexity index is 982. The molecule has 0 saturated carbocycles. The standard InChI is InChI=1S/C25H24BrNO2/c1-29-23-12-8-19(9-13-23)24(16-25(28)20-6-10-22(26)11-7-20)27-15-14-18-4-2-3-5-21(18)17-27/h2-13,24H,14-17H2,1H3/t24-/m1/s1. The molecular weight excluding hydrogens is 426 g/mol. The number of fused-ring (bicyclic) bond motifs is 1. The molecule has 3 aromatic rings. The molecule has 1 aliphatic heterocycles. The third-order valence-corrected chi connectivity index (χ3v) is 6.18. The number of carbonyl (C=O) groups is 1. The van der Waals surface area contributed by atoms with Crippen molar-refractivity contribution in [3.63, 3.8) is 0 Å². The van der Waals surface area contributed by atoms with Crippen LogP contribution in [0.1, 0.15) is 39.5 Å². The normalized spacial score (nSPS) is 14.8. The third kappa shape index (κ3) is 4.60. The zero-order valence-electron chi connectivity index (χ0n) is 16.5. The van der Waals surface area contributed by atoms with Crippen LogP contribution >= 0.6 is 15.9 Å². The summed E-state index contributed by atoms with van der Waals surface area (Å²) in [6.07, 6.45) is 1.46. The van der Waals surface area contributed by atoms with E-state index < -0.39 is 0 Å². The number of halogens is 1. The molecule has 0 amide bonds. The number of rotatable bonds is 6. The van der Waals surface area contributed by atoms with Gasteiger partial charge in [0.2, 0.25) is 0 Å². The van der Waals surface area contributed by atoms with Gasteiger partial charge in [0.1, 0.15) is 5.75 Å². The Hall–Kier alpha value is -2.43. The van der Waals surface area contributed by atoms with Crippen LogP contribution in [0.5, 0.6) is 5.75 Å². The molecule has 3 aromatic carbocycles. The van der Waals surface area contributed by atoms with Gasteiger partial charge in [0, 0.05) is 35.6 Å². The molecule has 1 aliphatic rings. The van der Waals surface area contributed by atoms with Gasteiger partial charge in [-0.25, -0.2) is 0 Å². The topological polar surface area (TPSA) is 29.5 Å². The van der Waals surface area contributed by atoms with Gasteiger partial charge in [0.05, 0.1) is 7.11 Å². The van der Waals surface area contributed by atoms with E-state index in [1.807, 2.05) is 36.4 Å². The number of benzene rings is 3. The lowest BCUT2D eigenvalue weighted by molar-refractivity contribution is 0.0903. The molecule has 1 heterocycles. The maximum absolute atomic E-state index is 13.1. The van der Waals surface area contributed by atoms with Crippen LogP contribution in [-0.2, 0) is 13.0 Å². The van der Waals surface area contributed by atoms with E-state index in [1.165, 1.54) is 11.1 Å². The quantitative estimate of drug-likeness (QED) is 0.443. The van der Waals surface area contributed by atoms with Gasteiger partial charge in [0.25, 0.3) is 0 Å². The first-order chi connectivity index (χ1) is 14.1. The largest absolute Gasteiger partial charge is 0.497 e. The first kappa shape index (κ1) is 19.9. The number of ketones is 1. The number of methoxy groups -OCH3 is 1. The molecule has 0 bridgehead atoms. The van der Waals surface area contributed by atoms with Crippen LogP contribution in [0.2, 0.25) is 0 Å². The lowest BCUT2D eigenvalue weighted by atomic mass is 9.92. The van der Waals surface area contributed by atoms with Crippen LogP contribution in [0.25, 0.3) is 0 Å². The van der Waals surface area contributed by atoms with Gasteiger partial charge in [-0.1, -0.05) is 64.5 Å². The Morgan fingerprint density at radius 3 is 2.38 bits per heavy atom. The molecule has 1 atom stereocenters. The molecule has 29 heavy (non-hydrogen) atoms. The van der Waals surface area contributed by atoms with Crippen LogP contribution in [0, 0.1) is 0 Å².